The van der Waals surface area contributed by atoms with Crippen molar-refractivity contribution >= 4 is 0 Å². The molecule has 0 aliphatic rings. The normalized spacial score (nSPS) is 12.9. The van der Waals surface area contributed by atoms with Crippen molar-refractivity contribution in [2.45, 2.75) is 32.7 Å². The molecule has 0 aromatic carbocycles. The van der Waals surface area contributed by atoms with Crippen LogP contribution in [0.4, 0.5) is 0 Å². The van der Waals surface area contributed by atoms with E-state index in [0.29, 0.717) is 11.8 Å². The minimum Gasteiger partial charge on any atom is -0.480 e. The van der Waals surface area contributed by atoms with Crippen LogP contribution in [0.5, 0.6) is 5.88 Å². The second kappa shape index (κ2) is 5.66. The van der Waals surface area contributed by atoms with Crippen molar-refractivity contribution in [1.82, 2.24) is 10.2 Å². The molecular formula is C11H19N3O. The summed E-state index contributed by atoms with van der Waals surface area (Å²) in [6, 6.07) is 3.65. The first-order valence-corrected chi connectivity index (χ1v) is 5.36. The van der Waals surface area contributed by atoms with Gasteiger partial charge in [-0.25, -0.2) is 0 Å². The van der Waals surface area contributed by atoms with Gasteiger partial charge in [-0.15, -0.1) is 5.10 Å². The Morgan fingerprint density at radius 2 is 1.93 bits per heavy atom. The van der Waals surface area contributed by atoms with Crippen LogP contribution in [0.1, 0.15) is 38.4 Å². The van der Waals surface area contributed by atoms with Gasteiger partial charge in [0.05, 0.1) is 18.8 Å². The molecule has 0 bridgehead atoms. The minimum absolute atomic E-state index is 0.0293. The predicted molar refractivity (Wildman–Crippen MR) is 59.6 cm³/mol. The van der Waals surface area contributed by atoms with Gasteiger partial charge in [0, 0.05) is 6.07 Å². The molecule has 4 heteroatoms. The smallest absolute Gasteiger partial charge is 0.233 e. The highest BCUT2D eigenvalue weighted by molar-refractivity contribution is 5.14. The molecule has 0 saturated carbocycles. The summed E-state index contributed by atoms with van der Waals surface area (Å²) in [4.78, 5) is 0. The average Bonchev–Trinajstić information content (AvgIpc) is 2.30. The van der Waals surface area contributed by atoms with Crippen molar-refractivity contribution in [3.05, 3.63) is 17.8 Å². The first kappa shape index (κ1) is 11.9. The molecule has 4 nitrogen and oxygen atoms in total. The lowest BCUT2D eigenvalue weighted by Crippen LogP contribution is -2.21. The van der Waals surface area contributed by atoms with Gasteiger partial charge in [0.2, 0.25) is 5.88 Å². The summed E-state index contributed by atoms with van der Waals surface area (Å²) in [6.07, 6.45) is 2.12. The second-order valence-corrected chi connectivity index (χ2v) is 3.60. The summed E-state index contributed by atoms with van der Waals surface area (Å²) >= 11 is 0. The predicted octanol–water partition coefficient (Wildman–Crippen LogP) is 1.92. The highest BCUT2D eigenvalue weighted by Gasteiger charge is 2.17. The van der Waals surface area contributed by atoms with Gasteiger partial charge in [-0.1, -0.05) is 26.7 Å². The third-order valence-corrected chi connectivity index (χ3v) is 2.77. The number of nitrogens with zero attached hydrogens (tertiary/aromatic N) is 2. The molecule has 0 radical (unpaired) electrons. The maximum atomic E-state index is 6.11. The molecule has 0 aliphatic heterocycles. The van der Waals surface area contributed by atoms with Gasteiger partial charge < -0.3 is 10.5 Å². The molecule has 15 heavy (non-hydrogen) atoms. The van der Waals surface area contributed by atoms with E-state index in [4.69, 9.17) is 10.5 Å². The van der Waals surface area contributed by atoms with Gasteiger partial charge in [0.15, 0.2) is 0 Å². The van der Waals surface area contributed by atoms with Crippen LogP contribution in [0.3, 0.4) is 0 Å². The molecule has 84 valence electrons. The molecular weight excluding hydrogens is 190 g/mol. The average molecular weight is 209 g/mol. The van der Waals surface area contributed by atoms with Crippen LogP contribution in [0, 0.1) is 5.92 Å². The zero-order valence-corrected chi connectivity index (χ0v) is 9.60. The van der Waals surface area contributed by atoms with Gasteiger partial charge >= 0.3 is 0 Å². The Balaban J connectivity index is 2.76. The molecule has 0 aliphatic carbocycles. The minimum atomic E-state index is -0.0293. The van der Waals surface area contributed by atoms with E-state index in [9.17, 15) is 0 Å². The fourth-order valence-corrected chi connectivity index (χ4v) is 1.66. The van der Waals surface area contributed by atoms with E-state index in [1.165, 1.54) is 0 Å². The maximum Gasteiger partial charge on any atom is 0.233 e. The van der Waals surface area contributed by atoms with Crippen molar-refractivity contribution in [2.24, 2.45) is 11.7 Å². The Kier molecular flexibility index (Phi) is 4.49. The lowest BCUT2D eigenvalue weighted by atomic mass is 9.92. The number of nitrogens with two attached hydrogens (primary N) is 1. The van der Waals surface area contributed by atoms with Crippen molar-refractivity contribution in [3.63, 3.8) is 0 Å². The van der Waals surface area contributed by atoms with Gasteiger partial charge in [-0.05, 0) is 12.0 Å². The molecule has 1 aromatic rings. The molecule has 1 aromatic heterocycles. The Bertz CT molecular complexity index is 282. The van der Waals surface area contributed by atoms with E-state index < -0.39 is 0 Å². The molecule has 1 unspecified atom stereocenters. The molecule has 1 atom stereocenters. The summed E-state index contributed by atoms with van der Waals surface area (Å²) in [7, 11) is 1.57. The topological polar surface area (TPSA) is 61.0 Å². The van der Waals surface area contributed by atoms with Crippen molar-refractivity contribution in [1.29, 1.82) is 0 Å². The highest BCUT2D eigenvalue weighted by Crippen LogP contribution is 2.23. The van der Waals surface area contributed by atoms with Crippen LogP contribution >= 0.6 is 0 Å². The fraction of sp³-hybridized carbons (Fsp3) is 0.636. The maximum absolute atomic E-state index is 6.11. The molecule has 2 N–H and O–H groups in total. The molecule has 1 heterocycles. The van der Waals surface area contributed by atoms with E-state index in [1.807, 2.05) is 6.07 Å². The first-order chi connectivity index (χ1) is 7.22. The molecule has 0 fully saturated rings. The number of rotatable bonds is 5. The lowest BCUT2D eigenvalue weighted by molar-refractivity contribution is 0.378. The quantitative estimate of drug-likeness (QED) is 0.804. The van der Waals surface area contributed by atoms with E-state index >= 15 is 0 Å². The van der Waals surface area contributed by atoms with Crippen LogP contribution in [-0.2, 0) is 0 Å². The van der Waals surface area contributed by atoms with Gasteiger partial charge in [-0.2, -0.15) is 5.10 Å². The molecule has 0 spiro atoms. The highest BCUT2D eigenvalue weighted by atomic mass is 16.5. The summed E-state index contributed by atoms with van der Waals surface area (Å²) in [6.45, 7) is 4.29. The zero-order valence-electron chi connectivity index (χ0n) is 9.60. The molecule has 0 amide bonds. The van der Waals surface area contributed by atoms with Gasteiger partial charge in [0.1, 0.15) is 0 Å². The van der Waals surface area contributed by atoms with E-state index in [1.54, 1.807) is 13.2 Å². The van der Waals surface area contributed by atoms with Gasteiger partial charge in [0.25, 0.3) is 0 Å². The van der Waals surface area contributed by atoms with Crippen LogP contribution in [-0.4, -0.2) is 17.3 Å². The Morgan fingerprint density at radius 3 is 2.33 bits per heavy atom. The van der Waals surface area contributed by atoms with Crippen LogP contribution in [0.15, 0.2) is 12.1 Å². The van der Waals surface area contributed by atoms with Crippen LogP contribution in [0.25, 0.3) is 0 Å². The SMILES string of the molecule is CCC(CC)C(N)c1ccc(OC)nn1. The largest absolute Gasteiger partial charge is 0.480 e. The third kappa shape index (κ3) is 2.89. The van der Waals surface area contributed by atoms with Gasteiger partial charge in [-0.3, -0.25) is 0 Å². The second-order valence-electron chi connectivity index (χ2n) is 3.60. The van der Waals surface area contributed by atoms with Crippen LogP contribution < -0.4 is 10.5 Å². The van der Waals surface area contributed by atoms with E-state index in [-0.39, 0.29) is 6.04 Å². The third-order valence-electron chi connectivity index (χ3n) is 2.77. The summed E-state index contributed by atoms with van der Waals surface area (Å²) < 4.78 is 4.95. The zero-order chi connectivity index (χ0) is 11.3. The summed E-state index contributed by atoms with van der Waals surface area (Å²) in [5, 5.41) is 7.98. The number of ether oxygens (including phenoxy) is 1. The van der Waals surface area contributed by atoms with Crippen molar-refractivity contribution in [3.8, 4) is 5.88 Å². The van der Waals surface area contributed by atoms with Crippen molar-refractivity contribution < 1.29 is 4.74 Å². The van der Waals surface area contributed by atoms with Crippen LogP contribution in [0.2, 0.25) is 0 Å². The fourth-order valence-electron chi connectivity index (χ4n) is 1.66. The molecule has 0 saturated heterocycles. The molecule has 1 rings (SSSR count). The Hall–Kier alpha value is -1.16. The number of methoxy groups -OCH3 is 1. The monoisotopic (exact) mass is 209 g/mol. The first-order valence-electron chi connectivity index (χ1n) is 5.36. The number of hydrogen-bond donors (Lipinski definition) is 1. The summed E-state index contributed by atoms with van der Waals surface area (Å²) in [5.74, 6) is 0.989. The standard InChI is InChI=1S/C11H19N3O/c1-4-8(5-2)11(12)9-6-7-10(15-3)14-13-9/h6-8,11H,4-5,12H2,1-3H3. The van der Waals surface area contributed by atoms with Crippen molar-refractivity contribution in [2.75, 3.05) is 7.11 Å². The summed E-state index contributed by atoms with van der Waals surface area (Å²) in [5.41, 5.74) is 6.95. The number of aromatic nitrogens is 2. The Morgan fingerprint density at radius 1 is 1.27 bits per heavy atom. The lowest BCUT2D eigenvalue weighted by Gasteiger charge is -2.19. The van der Waals surface area contributed by atoms with E-state index in [0.717, 1.165) is 18.5 Å². The Labute approximate surface area is 90.8 Å². The number of hydrogen-bond acceptors (Lipinski definition) is 4. The van der Waals surface area contributed by atoms with E-state index in [2.05, 4.69) is 24.0 Å².